The second-order valence-electron chi connectivity index (χ2n) is 3.32. The van der Waals surface area contributed by atoms with Crippen molar-refractivity contribution in [2.24, 2.45) is 5.92 Å². The largest absolute Gasteiger partial charge is 0.361 e. The molecule has 1 rings (SSSR count). The van der Waals surface area contributed by atoms with Gasteiger partial charge in [0.05, 0.1) is 0 Å². The summed E-state index contributed by atoms with van der Waals surface area (Å²) >= 11 is 0. The van der Waals surface area contributed by atoms with Crippen LogP contribution in [0, 0.1) is 5.92 Å². The fraction of sp³-hybridized carbons (Fsp3) is 0.667. The number of Topliss-reactive ketones (excluding diaryl/α,β-unsaturated/α-hetero) is 2. The smallest absolute Gasteiger partial charge is 0.323 e. The van der Waals surface area contributed by atoms with E-state index in [0.717, 1.165) is 25.5 Å². The molecule has 0 radical (unpaired) electrons. The monoisotopic (exact) mass is 180 g/mol. The van der Waals surface area contributed by atoms with Crippen LogP contribution in [0.4, 0.5) is 0 Å². The van der Waals surface area contributed by atoms with E-state index < -0.39 is 0 Å². The van der Waals surface area contributed by atoms with Crippen LogP contribution in [0.1, 0.15) is 32.1 Å². The van der Waals surface area contributed by atoms with Gasteiger partial charge in [-0.3, -0.25) is 9.59 Å². The maximum Gasteiger partial charge on any atom is 0.323 e. The van der Waals surface area contributed by atoms with Gasteiger partial charge in [-0.2, -0.15) is 4.79 Å². The molecular formula is C9H12N2O2. The van der Waals surface area contributed by atoms with E-state index >= 15 is 0 Å². The zero-order valence-corrected chi connectivity index (χ0v) is 7.40. The molecule has 0 amide bonds. The molecule has 70 valence electrons. The Bertz CT molecular complexity index is 267. The molecule has 1 unspecified atom stereocenters. The summed E-state index contributed by atoms with van der Waals surface area (Å²) in [6, 6.07) is 0. The molecular weight excluding hydrogens is 168 g/mol. The lowest BCUT2D eigenvalue weighted by Gasteiger charge is -2.17. The van der Waals surface area contributed by atoms with Gasteiger partial charge in [-0.25, -0.2) is 0 Å². The van der Waals surface area contributed by atoms with Crippen molar-refractivity contribution < 1.29 is 14.4 Å². The lowest BCUT2D eigenvalue weighted by atomic mass is 9.85. The lowest BCUT2D eigenvalue weighted by Crippen LogP contribution is -2.22. The van der Waals surface area contributed by atoms with Crippen LogP contribution in [0.3, 0.4) is 0 Å². The Kier molecular flexibility index (Phi) is 3.53. The molecule has 1 aliphatic carbocycles. The van der Waals surface area contributed by atoms with E-state index in [-0.39, 0.29) is 23.9 Å². The Labute approximate surface area is 76.6 Å². The van der Waals surface area contributed by atoms with Crippen molar-refractivity contribution in [3.63, 3.8) is 0 Å². The first-order valence-corrected chi connectivity index (χ1v) is 4.47. The van der Waals surface area contributed by atoms with E-state index in [4.69, 9.17) is 5.53 Å². The van der Waals surface area contributed by atoms with Crippen LogP contribution in [0.2, 0.25) is 0 Å². The van der Waals surface area contributed by atoms with Gasteiger partial charge in [0.2, 0.25) is 5.78 Å². The summed E-state index contributed by atoms with van der Waals surface area (Å²) in [6.07, 6.45) is 4.40. The molecule has 0 N–H and O–H groups in total. The van der Waals surface area contributed by atoms with Gasteiger partial charge in [0.1, 0.15) is 5.78 Å². The highest BCUT2D eigenvalue weighted by Crippen LogP contribution is 2.23. The molecule has 1 atom stereocenters. The van der Waals surface area contributed by atoms with Gasteiger partial charge in [0.15, 0.2) is 0 Å². The minimum atomic E-state index is -0.275. The summed E-state index contributed by atoms with van der Waals surface area (Å²) in [4.78, 5) is 24.9. The minimum Gasteiger partial charge on any atom is -0.361 e. The predicted molar refractivity (Wildman–Crippen MR) is 46.3 cm³/mol. The van der Waals surface area contributed by atoms with Crippen LogP contribution >= 0.6 is 0 Å². The second-order valence-corrected chi connectivity index (χ2v) is 3.32. The van der Waals surface area contributed by atoms with Crippen LogP contribution in [0.15, 0.2) is 0 Å². The van der Waals surface area contributed by atoms with Crippen molar-refractivity contribution in [1.82, 2.24) is 0 Å². The van der Waals surface area contributed by atoms with Gasteiger partial charge in [-0.15, -0.1) is 0 Å². The Morgan fingerprint density at radius 3 is 3.00 bits per heavy atom. The van der Waals surface area contributed by atoms with Gasteiger partial charge in [-0.05, 0) is 12.8 Å². The van der Waals surface area contributed by atoms with Crippen molar-refractivity contribution in [2.45, 2.75) is 32.1 Å². The van der Waals surface area contributed by atoms with E-state index in [0.29, 0.717) is 6.42 Å². The average Bonchev–Trinajstić information content (AvgIpc) is 2.09. The molecule has 4 nitrogen and oxygen atoms in total. The van der Waals surface area contributed by atoms with Crippen molar-refractivity contribution in [1.29, 1.82) is 0 Å². The summed E-state index contributed by atoms with van der Waals surface area (Å²) in [7, 11) is 0. The van der Waals surface area contributed by atoms with E-state index in [9.17, 15) is 9.59 Å². The Hall–Kier alpha value is -1.28. The molecule has 0 aromatic rings. The van der Waals surface area contributed by atoms with Crippen LogP contribution < -0.4 is 0 Å². The number of ketones is 2. The molecule has 4 heteroatoms. The van der Waals surface area contributed by atoms with Gasteiger partial charge in [0, 0.05) is 18.8 Å². The predicted octanol–water partition coefficient (Wildman–Crippen LogP) is 1.01. The van der Waals surface area contributed by atoms with E-state index in [1.54, 1.807) is 0 Å². The quantitative estimate of drug-likeness (QED) is 0.369. The Balaban J connectivity index is 2.47. The van der Waals surface area contributed by atoms with E-state index in [2.05, 4.69) is 4.79 Å². The van der Waals surface area contributed by atoms with Gasteiger partial charge >= 0.3 is 6.21 Å². The first kappa shape index (κ1) is 9.81. The van der Waals surface area contributed by atoms with Crippen LogP contribution in [0.5, 0.6) is 0 Å². The Morgan fingerprint density at radius 2 is 2.38 bits per heavy atom. The fourth-order valence-corrected chi connectivity index (χ4v) is 1.63. The first-order valence-electron chi connectivity index (χ1n) is 4.47. The van der Waals surface area contributed by atoms with E-state index in [1.165, 1.54) is 0 Å². The average molecular weight is 180 g/mol. The first-order chi connectivity index (χ1) is 6.24. The summed E-state index contributed by atoms with van der Waals surface area (Å²) in [5.74, 6) is -0.243. The minimum absolute atomic E-state index is 0.140. The van der Waals surface area contributed by atoms with Gasteiger partial charge < -0.3 is 5.53 Å². The molecule has 0 bridgehead atoms. The molecule has 1 aliphatic rings. The number of rotatable bonds is 3. The lowest BCUT2D eigenvalue weighted by molar-refractivity contribution is -0.128. The SMILES string of the molecule is [N-]=[N+]=CC(=O)CC1CCCCC1=O. The van der Waals surface area contributed by atoms with Crippen LogP contribution in [0.25, 0.3) is 5.53 Å². The molecule has 1 fully saturated rings. The van der Waals surface area contributed by atoms with Crippen molar-refractivity contribution in [3.05, 3.63) is 5.53 Å². The third-order valence-corrected chi connectivity index (χ3v) is 2.33. The highest BCUT2D eigenvalue weighted by molar-refractivity contribution is 6.25. The van der Waals surface area contributed by atoms with E-state index in [1.807, 2.05) is 0 Å². The number of carbonyl (C=O) groups excluding carboxylic acids is 2. The molecule has 0 aromatic heterocycles. The van der Waals surface area contributed by atoms with Crippen molar-refractivity contribution in [3.8, 4) is 0 Å². The number of hydrogen-bond donors (Lipinski definition) is 0. The van der Waals surface area contributed by atoms with Gasteiger partial charge in [-0.1, -0.05) is 6.42 Å². The normalized spacial score (nSPS) is 22.2. The molecule has 1 saturated carbocycles. The maximum atomic E-state index is 11.3. The molecule has 0 aromatic carbocycles. The van der Waals surface area contributed by atoms with Crippen LogP contribution in [-0.2, 0) is 9.59 Å². The molecule has 0 spiro atoms. The maximum absolute atomic E-state index is 11.3. The highest BCUT2D eigenvalue weighted by atomic mass is 16.1. The summed E-state index contributed by atoms with van der Waals surface area (Å²) < 4.78 is 0. The fourth-order valence-electron chi connectivity index (χ4n) is 1.63. The number of hydrogen-bond acceptors (Lipinski definition) is 2. The zero-order valence-electron chi connectivity index (χ0n) is 7.40. The molecule has 13 heavy (non-hydrogen) atoms. The Morgan fingerprint density at radius 1 is 1.62 bits per heavy atom. The summed E-state index contributed by atoms with van der Waals surface area (Å²) in [6.45, 7) is 0. The zero-order chi connectivity index (χ0) is 9.68. The summed E-state index contributed by atoms with van der Waals surface area (Å²) in [5, 5.41) is 0. The van der Waals surface area contributed by atoms with Crippen molar-refractivity contribution >= 4 is 17.8 Å². The molecule has 0 heterocycles. The second kappa shape index (κ2) is 4.67. The van der Waals surface area contributed by atoms with Crippen LogP contribution in [-0.4, -0.2) is 22.6 Å². The molecule has 0 aliphatic heterocycles. The van der Waals surface area contributed by atoms with Gasteiger partial charge in [0.25, 0.3) is 0 Å². The summed E-state index contributed by atoms with van der Waals surface area (Å²) in [5.41, 5.74) is 8.10. The number of nitrogens with zero attached hydrogens (tertiary/aromatic N) is 2. The third-order valence-electron chi connectivity index (χ3n) is 2.33. The highest BCUT2D eigenvalue weighted by Gasteiger charge is 2.24. The topological polar surface area (TPSA) is 70.5 Å². The van der Waals surface area contributed by atoms with Crippen molar-refractivity contribution in [2.75, 3.05) is 0 Å². The number of carbonyl (C=O) groups is 2. The third kappa shape index (κ3) is 2.92. The standard InChI is InChI=1S/C9H12N2O2/c10-11-6-8(12)5-7-3-1-2-4-9(7)13/h6-7H,1-5H2. The molecule has 0 saturated heterocycles.